The van der Waals surface area contributed by atoms with Gasteiger partial charge < -0.3 is 14.9 Å². The minimum atomic E-state index is -1.20. The van der Waals surface area contributed by atoms with E-state index in [2.05, 4.69) is 0 Å². The smallest absolute Gasteiger partial charge is 0.316 e. The van der Waals surface area contributed by atoms with Crippen LogP contribution in [0.4, 0.5) is 0 Å². The second-order valence-corrected chi connectivity index (χ2v) is 3.35. The number of hydrogen-bond donors (Lipinski definition) is 2. The summed E-state index contributed by atoms with van der Waals surface area (Å²) in [6.45, 7) is 0.977. The van der Waals surface area contributed by atoms with Gasteiger partial charge in [-0.3, -0.25) is 4.79 Å². The normalized spacial score (nSPS) is 10.8. The van der Waals surface area contributed by atoms with Gasteiger partial charge in [0.2, 0.25) is 0 Å². The molecule has 15 heavy (non-hydrogen) atoms. The van der Waals surface area contributed by atoms with Crippen molar-refractivity contribution in [3.05, 3.63) is 0 Å². The maximum absolute atomic E-state index is 11.5. The monoisotopic (exact) mass is 215 g/mol. The summed E-state index contributed by atoms with van der Waals surface area (Å²) in [5, 5.41) is 26.3. The van der Waals surface area contributed by atoms with Crippen LogP contribution in [0, 0.1) is 16.7 Å². The number of nitriles is 1. The lowest BCUT2D eigenvalue weighted by molar-refractivity contribution is -0.162. The van der Waals surface area contributed by atoms with Crippen molar-refractivity contribution in [2.24, 2.45) is 5.41 Å². The molecule has 0 amide bonds. The van der Waals surface area contributed by atoms with E-state index in [9.17, 15) is 4.79 Å². The highest BCUT2D eigenvalue weighted by Crippen LogP contribution is 2.22. The highest BCUT2D eigenvalue weighted by molar-refractivity contribution is 5.77. The molecule has 0 aliphatic heterocycles. The van der Waals surface area contributed by atoms with Crippen LogP contribution >= 0.6 is 0 Å². The van der Waals surface area contributed by atoms with Crippen molar-refractivity contribution in [3.8, 4) is 6.07 Å². The predicted molar refractivity (Wildman–Crippen MR) is 52.7 cm³/mol. The van der Waals surface area contributed by atoms with Gasteiger partial charge in [-0.05, 0) is 12.8 Å². The summed E-state index contributed by atoms with van der Waals surface area (Å²) in [5.41, 5.74) is -1.20. The van der Waals surface area contributed by atoms with Gasteiger partial charge in [0.15, 0.2) is 0 Å². The van der Waals surface area contributed by atoms with E-state index >= 15 is 0 Å². The molecular weight excluding hydrogens is 198 g/mol. The fraction of sp³-hybridized carbons (Fsp3) is 0.800. The number of aliphatic hydroxyl groups is 2. The van der Waals surface area contributed by atoms with Crippen molar-refractivity contribution >= 4 is 5.97 Å². The van der Waals surface area contributed by atoms with E-state index in [1.165, 1.54) is 0 Å². The molecule has 0 aromatic rings. The molecule has 5 nitrogen and oxygen atoms in total. The Morgan fingerprint density at radius 3 is 2.47 bits per heavy atom. The molecule has 86 valence electrons. The van der Waals surface area contributed by atoms with Crippen LogP contribution in [0.25, 0.3) is 0 Å². The van der Waals surface area contributed by atoms with Crippen LogP contribution in [0.15, 0.2) is 0 Å². The number of ether oxygens (including phenoxy) is 1. The van der Waals surface area contributed by atoms with Gasteiger partial charge in [-0.25, -0.2) is 0 Å². The van der Waals surface area contributed by atoms with E-state index in [0.29, 0.717) is 19.3 Å². The Morgan fingerprint density at radius 2 is 2.07 bits per heavy atom. The van der Waals surface area contributed by atoms with E-state index in [1.54, 1.807) is 6.92 Å². The SMILES string of the molecule is CCC(CO)(CO)C(=O)OCCCC#N. The maximum atomic E-state index is 11.5. The molecule has 2 N–H and O–H groups in total. The third kappa shape index (κ3) is 3.86. The van der Waals surface area contributed by atoms with Crippen molar-refractivity contribution in [1.82, 2.24) is 0 Å². The van der Waals surface area contributed by atoms with Crippen LogP contribution in [0.2, 0.25) is 0 Å². The Bertz CT molecular complexity index is 222. The van der Waals surface area contributed by atoms with E-state index in [1.807, 2.05) is 6.07 Å². The van der Waals surface area contributed by atoms with E-state index in [-0.39, 0.29) is 6.61 Å². The second kappa shape index (κ2) is 7.21. The minimum absolute atomic E-state index is 0.147. The molecule has 5 heteroatoms. The number of esters is 1. The molecular formula is C10H17NO4. The lowest BCUT2D eigenvalue weighted by atomic mass is 9.87. The summed E-state index contributed by atoms with van der Waals surface area (Å²) in [5.74, 6) is -0.604. The Labute approximate surface area is 89.3 Å². The zero-order valence-electron chi connectivity index (χ0n) is 8.90. The van der Waals surface area contributed by atoms with E-state index in [0.717, 1.165) is 0 Å². The average molecular weight is 215 g/mol. The van der Waals surface area contributed by atoms with Crippen LogP contribution in [0.3, 0.4) is 0 Å². The van der Waals surface area contributed by atoms with Crippen molar-refractivity contribution in [1.29, 1.82) is 5.26 Å². The number of aliphatic hydroxyl groups excluding tert-OH is 2. The molecule has 0 radical (unpaired) electrons. The molecule has 0 unspecified atom stereocenters. The number of carbonyl (C=O) groups excluding carboxylic acids is 1. The second-order valence-electron chi connectivity index (χ2n) is 3.35. The molecule has 0 aromatic carbocycles. The first kappa shape index (κ1) is 13.9. The summed E-state index contributed by atoms with van der Waals surface area (Å²) in [6.07, 6.45) is 1.11. The standard InChI is InChI=1S/C10H17NO4/c1-2-10(7-12,8-13)9(14)15-6-4-3-5-11/h12-13H,2-4,6-8H2,1H3. The van der Waals surface area contributed by atoms with Gasteiger partial charge in [0, 0.05) is 6.42 Å². The quantitative estimate of drug-likeness (QED) is 0.468. The third-order valence-electron chi connectivity index (χ3n) is 2.38. The molecule has 0 fully saturated rings. The predicted octanol–water partition coefficient (Wildman–Crippen LogP) is 0.214. The van der Waals surface area contributed by atoms with Crippen molar-refractivity contribution in [2.45, 2.75) is 26.2 Å². The number of nitrogens with zero attached hydrogens (tertiary/aromatic N) is 1. The molecule has 0 aliphatic rings. The Morgan fingerprint density at radius 1 is 1.47 bits per heavy atom. The maximum Gasteiger partial charge on any atom is 0.316 e. The lowest BCUT2D eigenvalue weighted by Crippen LogP contribution is -2.39. The molecule has 0 spiro atoms. The molecule has 0 saturated heterocycles. The zero-order chi connectivity index (χ0) is 11.7. The van der Waals surface area contributed by atoms with E-state index in [4.69, 9.17) is 20.2 Å². The number of hydrogen-bond acceptors (Lipinski definition) is 5. The Hall–Kier alpha value is -1.12. The van der Waals surface area contributed by atoms with Crippen molar-refractivity contribution in [2.75, 3.05) is 19.8 Å². The summed E-state index contributed by atoms with van der Waals surface area (Å²) in [4.78, 5) is 11.5. The van der Waals surface area contributed by atoms with Crippen LogP contribution in [0.1, 0.15) is 26.2 Å². The Balaban J connectivity index is 4.10. The van der Waals surface area contributed by atoms with Gasteiger partial charge >= 0.3 is 5.97 Å². The van der Waals surface area contributed by atoms with Crippen LogP contribution < -0.4 is 0 Å². The first-order chi connectivity index (χ1) is 7.16. The number of rotatable bonds is 7. The van der Waals surface area contributed by atoms with Gasteiger partial charge in [-0.1, -0.05) is 6.92 Å². The molecule has 0 atom stereocenters. The highest BCUT2D eigenvalue weighted by atomic mass is 16.5. The summed E-state index contributed by atoms with van der Waals surface area (Å²) >= 11 is 0. The number of unbranched alkanes of at least 4 members (excludes halogenated alkanes) is 1. The first-order valence-corrected chi connectivity index (χ1v) is 4.92. The van der Waals surface area contributed by atoms with Crippen LogP contribution in [0.5, 0.6) is 0 Å². The fourth-order valence-electron chi connectivity index (χ4n) is 1.02. The van der Waals surface area contributed by atoms with Gasteiger partial charge in [0.25, 0.3) is 0 Å². The van der Waals surface area contributed by atoms with Gasteiger partial charge in [-0.15, -0.1) is 0 Å². The van der Waals surface area contributed by atoms with Gasteiger partial charge in [0.05, 0.1) is 25.9 Å². The highest BCUT2D eigenvalue weighted by Gasteiger charge is 2.37. The largest absolute Gasteiger partial charge is 0.465 e. The van der Waals surface area contributed by atoms with Crippen LogP contribution in [-0.4, -0.2) is 36.0 Å². The molecule has 0 aliphatic carbocycles. The van der Waals surface area contributed by atoms with E-state index < -0.39 is 24.6 Å². The van der Waals surface area contributed by atoms with Crippen LogP contribution in [-0.2, 0) is 9.53 Å². The average Bonchev–Trinajstić information content (AvgIpc) is 2.28. The van der Waals surface area contributed by atoms with Gasteiger partial charge in [-0.2, -0.15) is 5.26 Å². The molecule has 0 heterocycles. The molecule has 0 saturated carbocycles. The van der Waals surface area contributed by atoms with Crippen molar-refractivity contribution in [3.63, 3.8) is 0 Å². The molecule has 0 aromatic heterocycles. The lowest BCUT2D eigenvalue weighted by Gasteiger charge is -2.25. The Kier molecular flexibility index (Phi) is 6.67. The minimum Gasteiger partial charge on any atom is -0.465 e. The zero-order valence-corrected chi connectivity index (χ0v) is 8.90. The number of carbonyl (C=O) groups is 1. The first-order valence-electron chi connectivity index (χ1n) is 4.92. The van der Waals surface area contributed by atoms with Crippen molar-refractivity contribution < 1.29 is 19.7 Å². The molecule has 0 bridgehead atoms. The summed E-state index contributed by atoms with van der Waals surface area (Å²) < 4.78 is 4.87. The topological polar surface area (TPSA) is 90.6 Å². The summed E-state index contributed by atoms with van der Waals surface area (Å²) in [6, 6.07) is 1.93. The summed E-state index contributed by atoms with van der Waals surface area (Å²) in [7, 11) is 0. The van der Waals surface area contributed by atoms with Gasteiger partial charge in [0.1, 0.15) is 5.41 Å². The molecule has 0 rings (SSSR count). The third-order valence-corrected chi connectivity index (χ3v) is 2.38. The fourth-order valence-corrected chi connectivity index (χ4v) is 1.02.